The second-order valence-electron chi connectivity index (χ2n) is 5.95. The van der Waals surface area contributed by atoms with Gasteiger partial charge in [0, 0.05) is 11.1 Å². The van der Waals surface area contributed by atoms with Crippen LogP contribution in [0.25, 0.3) is 0 Å². The van der Waals surface area contributed by atoms with Crippen molar-refractivity contribution in [2.24, 2.45) is 0 Å². The number of hydrogen-bond acceptors (Lipinski definition) is 5. The van der Waals surface area contributed by atoms with Gasteiger partial charge in [-0.15, -0.1) is 11.3 Å². The van der Waals surface area contributed by atoms with E-state index in [0.29, 0.717) is 5.56 Å². The van der Waals surface area contributed by atoms with Gasteiger partial charge in [-0.3, -0.25) is 9.69 Å². The van der Waals surface area contributed by atoms with Gasteiger partial charge in [0.2, 0.25) is 0 Å². The fraction of sp³-hybridized carbons (Fsp3) is 0.250. The summed E-state index contributed by atoms with van der Waals surface area (Å²) in [5.74, 6) is -0.367. The fourth-order valence-electron chi connectivity index (χ4n) is 2.66. The topological polar surface area (TPSA) is 83.6 Å². The van der Waals surface area contributed by atoms with E-state index in [9.17, 15) is 18.0 Å². The molecule has 2 aromatic rings. The summed E-state index contributed by atoms with van der Waals surface area (Å²) in [5, 5.41) is 2.71. The van der Waals surface area contributed by atoms with Gasteiger partial charge >= 0.3 is 6.03 Å². The van der Waals surface area contributed by atoms with E-state index in [1.165, 1.54) is 28.4 Å². The number of amides is 3. The maximum absolute atomic E-state index is 12.8. The van der Waals surface area contributed by atoms with Gasteiger partial charge in [-0.05, 0) is 52.7 Å². The number of thiophene rings is 1. The molecule has 1 unspecified atom stereocenters. The third kappa shape index (κ3) is 3.36. The van der Waals surface area contributed by atoms with Crippen LogP contribution in [0.4, 0.5) is 4.79 Å². The molecule has 0 aliphatic carbocycles. The van der Waals surface area contributed by atoms with E-state index < -0.39 is 21.4 Å². The first kappa shape index (κ1) is 18.1. The van der Waals surface area contributed by atoms with Crippen molar-refractivity contribution in [3.8, 4) is 0 Å². The van der Waals surface area contributed by atoms with Crippen LogP contribution in [0.5, 0.6) is 0 Å². The van der Waals surface area contributed by atoms with Gasteiger partial charge in [0.1, 0.15) is 5.54 Å². The molecule has 9 heteroatoms. The smallest absolute Gasteiger partial charge is 0.319 e. The number of halogens is 1. The molecule has 1 aromatic carbocycles. The summed E-state index contributed by atoms with van der Waals surface area (Å²) in [6, 6.07) is 9.24. The number of sulfone groups is 1. The van der Waals surface area contributed by atoms with Gasteiger partial charge in [0.25, 0.3) is 5.91 Å². The zero-order chi connectivity index (χ0) is 18.4. The Morgan fingerprint density at radius 3 is 2.32 bits per heavy atom. The number of nitrogens with zero attached hydrogens (tertiary/aromatic N) is 1. The lowest BCUT2D eigenvalue weighted by Gasteiger charge is -2.22. The van der Waals surface area contributed by atoms with E-state index >= 15 is 0 Å². The van der Waals surface area contributed by atoms with Crippen molar-refractivity contribution < 1.29 is 18.0 Å². The molecule has 1 fully saturated rings. The van der Waals surface area contributed by atoms with E-state index in [4.69, 9.17) is 0 Å². The molecule has 2 heterocycles. The minimum absolute atomic E-state index is 0.164. The first-order chi connectivity index (χ1) is 11.6. The maximum atomic E-state index is 12.8. The second kappa shape index (κ2) is 6.22. The van der Waals surface area contributed by atoms with Gasteiger partial charge in [-0.2, -0.15) is 0 Å². The molecule has 0 saturated carbocycles. The fourth-order valence-corrected chi connectivity index (χ4v) is 4.77. The predicted molar refractivity (Wildman–Crippen MR) is 98.0 cm³/mol. The molecule has 0 bridgehead atoms. The Morgan fingerprint density at radius 1 is 1.16 bits per heavy atom. The largest absolute Gasteiger partial charge is 0.325 e. The van der Waals surface area contributed by atoms with E-state index in [1.54, 1.807) is 19.1 Å². The van der Waals surface area contributed by atoms with Crippen molar-refractivity contribution in [1.29, 1.82) is 0 Å². The number of benzene rings is 1. The number of nitrogens with one attached hydrogen (secondary N) is 1. The van der Waals surface area contributed by atoms with Gasteiger partial charge in [0.15, 0.2) is 9.84 Å². The molecule has 3 amide bonds. The molecule has 1 aliphatic heterocycles. The lowest BCUT2D eigenvalue weighted by atomic mass is 9.92. The molecule has 132 valence electrons. The Bertz CT molecular complexity index is 953. The molecule has 1 aliphatic rings. The standard InChI is InChI=1S/C16H15BrN2O4S2/c1-16(10-3-6-12(7-4-10)25(2,22)23)14(20)19(15(21)18-16)9-11-5-8-13(17)24-11/h3-8H,9H2,1-2H3,(H,18,21). The molecule has 1 N–H and O–H groups in total. The summed E-state index contributed by atoms with van der Waals surface area (Å²) < 4.78 is 24.1. The number of carbonyl (C=O) groups is 2. The van der Waals surface area contributed by atoms with E-state index in [1.807, 2.05) is 12.1 Å². The number of hydrogen-bond donors (Lipinski definition) is 1. The SMILES string of the molecule is CC1(c2ccc(S(C)(=O)=O)cc2)NC(=O)N(Cc2ccc(Br)s2)C1=O. The Kier molecular flexibility index (Phi) is 4.50. The predicted octanol–water partition coefficient (Wildman–Crippen LogP) is 2.88. The van der Waals surface area contributed by atoms with Crippen LogP contribution in [0.2, 0.25) is 0 Å². The summed E-state index contributed by atoms with van der Waals surface area (Å²) in [6.45, 7) is 1.81. The van der Waals surface area contributed by atoms with Crippen LogP contribution in [-0.4, -0.2) is 31.5 Å². The normalized spacial score (nSPS) is 20.8. The first-order valence-electron chi connectivity index (χ1n) is 7.30. The lowest BCUT2D eigenvalue weighted by Crippen LogP contribution is -2.40. The van der Waals surface area contributed by atoms with Crippen molar-refractivity contribution in [2.75, 3.05) is 6.26 Å². The van der Waals surface area contributed by atoms with Crippen LogP contribution >= 0.6 is 27.3 Å². The van der Waals surface area contributed by atoms with Crippen molar-refractivity contribution in [2.45, 2.75) is 23.9 Å². The number of urea groups is 1. The Balaban J connectivity index is 1.89. The monoisotopic (exact) mass is 442 g/mol. The molecule has 25 heavy (non-hydrogen) atoms. The Morgan fingerprint density at radius 2 is 1.80 bits per heavy atom. The van der Waals surface area contributed by atoms with Crippen molar-refractivity contribution in [1.82, 2.24) is 10.2 Å². The van der Waals surface area contributed by atoms with Crippen molar-refractivity contribution >= 4 is 49.0 Å². The highest BCUT2D eigenvalue weighted by atomic mass is 79.9. The highest BCUT2D eigenvalue weighted by molar-refractivity contribution is 9.11. The van der Waals surface area contributed by atoms with Crippen molar-refractivity contribution in [3.63, 3.8) is 0 Å². The first-order valence-corrected chi connectivity index (χ1v) is 10.8. The molecule has 0 radical (unpaired) electrons. The Labute approximate surface area is 157 Å². The van der Waals surface area contributed by atoms with E-state index in [2.05, 4.69) is 21.2 Å². The van der Waals surface area contributed by atoms with Crippen LogP contribution < -0.4 is 5.32 Å². The number of imide groups is 1. The van der Waals surface area contributed by atoms with E-state index in [-0.39, 0.29) is 17.3 Å². The molecular weight excluding hydrogens is 428 g/mol. The van der Waals surface area contributed by atoms with Crippen LogP contribution in [0, 0.1) is 0 Å². The molecule has 1 aromatic heterocycles. The lowest BCUT2D eigenvalue weighted by molar-refractivity contribution is -0.131. The van der Waals surface area contributed by atoms with Crippen LogP contribution in [0.1, 0.15) is 17.4 Å². The molecule has 0 spiro atoms. The van der Waals surface area contributed by atoms with Gasteiger partial charge < -0.3 is 5.32 Å². The highest BCUT2D eigenvalue weighted by Gasteiger charge is 2.49. The second-order valence-corrected chi connectivity index (χ2v) is 10.5. The molecule has 1 atom stereocenters. The van der Waals surface area contributed by atoms with Crippen LogP contribution in [-0.2, 0) is 26.7 Å². The zero-order valence-electron chi connectivity index (χ0n) is 13.4. The summed E-state index contributed by atoms with van der Waals surface area (Å²) in [5.41, 5.74) is -0.685. The molecule has 3 rings (SSSR count). The quantitative estimate of drug-likeness (QED) is 0.737. The average Bonchev–Trinajstić information content (AvgIpc) is 3.04. The van der Waals surface area contributed by atoms with Gasteiger partial charge in [0.05, 0.1) is 15.2 Å². The minimum Gasteiger partial charge on any atom is -0.319 e. The number of carbonyl (C=O) groups excluding carboxylic acids is 2. The van der Waals surface area contributed by atoms with Crippen LogP contribution in [0.15, 0.2) is 45.1 Å². The highest BCUT2D eigenvalue weighted by Crippen LogP contribution is 2.32. The zero-order valence-corrected chi connectivity index (χ0v) is 16.7. The van der Waals surface area contributed by atoms with Gasteiger partial charge in [-0.25, -0.2) is 13.2 Å². The summed E-state index contributed by atoms with van der Waals surface area (Å²) in [7, 11) is -3.32. The Hall–Kier alpha value is -1.71. The van der Waals surface area contributed by atoms with E-state index in [0.717, 1.165) is 14.9 Å². The summed E-state index contributed by atoms with van der Waals surface area (Å²) >= 11 is 4.81. The van der Waals surface area contributed by atoms with Crippen molar-refractivity contribution in [3.05, 3.63) is 50.6 Å². The summed E-state index contributed by atoms with van der Waals surface area (Å²) in [4.78, 5) is 27.4. The minimum atomic E-state index is -3.32. The maximum Gasteiger partial charge on any atom is 0.325 e. The molecular formula is C16H15BrN2O4S2. The molecule has 1 saturated heterocycles. The third-order valence-corrected chi connectivity index (χ3v) is 6.81. The molecule has 6 nitrogen and oxygen atoms in total. The third-order valence-electron chi connectivity index (χ3n) is 4.08. The number of rotatable bonds is 4. The van der Waals surface area contributed by atoms with Gasteiger partial charge in [-0.1, -0.05) is 12.1 Å². The average molecular weight is 443 g/mol. The van der Waals surface area contributed by atoms with Crippen LogP contribution in [0.3, 0.4) is 0 Å². The summed E-state index contributed by atoms with van der Waals surface area (Å²) in [6.07, 6.45) is 1.12.